The standard InChI is InChI=1S/C15H28N2O3/c1-3-19-15(18)12-20-14-6-10-17(11-7-14)13-4-8-16(2)9-5-13/h13-14H,3-12H2,1-2H3. The molecule has 0 radical (unpaired) electrons. The van der Waals surface area contributed by atoms with Crippen molar-refractivity contribution >= 4 is 5.97 Å². The van der Waals surface area contributed by atoms with Gasteiger partial charge >= 0.3 is 5.97 Å². The molecule has 0 atom stereocenters. The Morgan fingerprint density at radius 3 is 2.35 bits per heavy atom. The third-order valence-corrected chi connectivity index (χ3v) is 4.42. The van der Waals surface area contributed by atoms with E-state index in [-0.39, 0.29) is 18.7 Å². The predicted octanol–water partition coefficient (Wildman–Crippen LogP) is 1.12. The van der Waals surface area contributed by atoms with E-state index in [2.05, 4.69) is 16.8 Å². The van der Waals surface area contributed by atoms with Gasteiger partial charge in [0.25, 0.3) is 0 Å². The van der Waals surface area contributed by atoms with Crippen molar-refractivity contribution in [3.8, 4) is 0 Å². The first-order valence-corrected chi connectivity index (χ1v) is 7.89. The Labute approximate surface area is 122 Å². The van der Waals surface area contributed by atoms with Gasteiger partial charge < -0.3 is 19.3 Å². The van der Waals surface area contributed by atoms with Crippen LogP contribution >= 0.6 is 0 Å². The molecule has 5 heteroatoms. The Hall–Kier alpha value is -0.650. The lowest BCUT2D eigenvalue weighted by Gasteiger charge is -2.40. The van der Waals surface area contributed by atoms with Crippen LogP contribution in [0.15, 0.2) is 0 Å². The number of hydrogen-bond acceptors (Lipinski definition) is 5. The summed E-state index contributed by atoms with van der Waals surface area (Å²) in [5.74, 6) is -0.245. The Balaban J connectivity index is 1.63. The lowest BCUT2D eigenvalue weighted by atomic mass is 9.99. The average Bonchev–Trinajstić information content (AvgIpc) is 2.47. The molecule has 116 valence electrons. The van der Waals surface area contributed by atoms with Crippen LogP contribution in [0.5, 0.6) is 0 Å². The summed E-state index contributed by atoms with van der Waals surface area (Å²) in [7, 11) is 2.20. The summed E-state index contributed by atoms with van der Waals surface area (Å²) in [4.78, 5) is 16.3. The van der Waals surface area contributed by atoms with Crippen molar-refractivity contribution in [2.24, 2.45) is 0 Å². The van der Waals surface area contributed by atoms with Crippen LogP contribution in [0.2, 0.25) is 0 Å². The summed E-state index contributed by atoms with van der Waals surface area (Å²) >= 11 is 0. The first kappa shape index (κ1) is 15.7. The minimum absolute atomic E-state index is 0.104. The number of piperidine rings is 2. The zero-order valence-corrected chi connectivity index (χ0v) is 12.8. The van der Waals surface area contributed by atoms with Crippen LogP contribution in [-0.2, 0) is 14.3 Å². The number of hydrogen-bond donors (Lipinski definition) is 0. The quantitative estimate of drug-likeness (QED) is 0.708. The molecule has 0 N–H and O–H groups in total. The Morgan fingerprint density at radius 1 is 1.10 bits per heavy atom. The summed E-state index contributed by atoms with van der Waals surface area (Å²) in [6.45, 7) is 6.97. The minimum Gasteiger partial charge on any atom is -0.464 e. The molecule has 0 aliphatic carbocycles. The maximum Gasteiger partial charge on any atom is 0.332 e. The molecule has 0 aromatic rings. The van der Waals surface area contributed by atoms with Gasteiger partial charge in [-0.2, -0.15) is 0 Å². The SMILES string of the molecule is CCOC(=O)COC1CCN(C2CCN(C)CC2)CC1. The van der Waals surface area contributed by atoms with Gasteiger partial charge in [-0.1, -0.05) is 0 Å². The van der Waals surface area contributed by atoms with E-state index in [0.717, 1.165) is 32.0 Å². The molecule has 2 aliphatic rings. The maximum atomic E-state index is 11.3. The molecule has 0 bridgehead atoms. The van der Waals surface area contributed by atoms with E-state index in [1.165, 1.54) is 25.9 Å². The van der Waals surface area contributed by atoms with E-state index in [4.69, 9.17) is 9.47 Å². The van der Waals surface area contributed by atoms with Crippen LogP contribution in [0.4, 0.5) is 0 Å². The molecule has 20 heavy (non-hydrogen) atoms. The second-order valence-electron chi connectivity index (χ2n) is 5.89. The highest BCUT2D eigenvalue weighted by Crippen LogP contribution is 2.21. The van der Waals surface area contributed by atoms with Crippen molar-refractivity contribution in [2.45, 2.75) is 44.8 Å². The average molecular weight is 284 g/mol. The molecule has 2 aliphatic heterocycles. The fourth-order valence-electron chi connectivity index (χ4n) is 3.16. The van der Waals surface area contributed by atoms with Gasteiger partial charge in [0, 0.05) is 19.1 Å². The topological polar surface area (TPSA) is 42.0 Å². The van der Waals surface area contributed by atoms with Crippen LogP contribution in [0, 0.1) is 0 Å². The fourth-order valence-corrected chi connectivity index (χ4v) is 3.16. The predicted molar refractivity (Wildman–Crippen MR) is 77.7 cm³/mol. The molecule has 0 aromatic heterocycles. The summed E-state index contributed by atoms with van der Waals surface area (Å²) in [6, 6.07) is 0.747. The van der Waals surface area contributed by atoms with Crippen molar-refractivity contribution in [1.82, 2.24) is 9.80 Å². The summed E-state index contributed by atoms with van der Waals surface area (Å²) in [5.41, 5.74) is 0. The molecular formula is C15H28N2O3. The smallest absolute Gasteiger partial charge is 0.332 e. The molecule has 0 spiro atoms. The molecular weight excluding hydrogens is 256 g/mol. The first-order chi connectivity index (χ1) is 9.69. The Bertz CT molecular complexity index is 295. The Morgan fingerprint density at radius 2 is 1.75 bits per heavy atom. The molecule has 2 heterocycles. The molecule has 0 saturated carbocycles. The molecule has 0 aromatic carbocycles. The first-order valence-electron chi connectivity index (χ1n) is 7.89. The van der Waals surface area contributed by atoms with Gasteiger partial charge in [-0.15, -0.1) is 0 Å². The van der Waals surface area contributed by atoms with Gasteiger partial charge in [0.15, 0.2) is 0 Å². The fraction of sp³-hybridized carbons (Fsp3) is 0.933. The highest BCUT2D eigenvalue weighted by molar-refractivity contribution is 5.70. The van der Waals surface area contributed by atoms with E-state index < -0.39 is 0 Å². The third-order valence-electron chi connectivity index (χ3n) is 4.42. The van der Waals surface area contributed by atoms with Crippen molar-refractivity contribution in [2.75, 3.05) is 46.4 Å². The zero-order chi connectivity index (χ0) is 14.4. The number of carbonyl (C=O) groups is 1. The molecule has 0 unspecified atom stereocenters. The molecule has 2 rings (SSSR count). The number of carbonyl (C=O) groups excluding carboxylic acids is 1. The van der Waals surface area contributed by atoms with E-state index in [1.807, 2.05) is 6.92 Å². The number of rotatable bonds is 5. The summed E-state index contributed by atoms with van der Waals surface area (Å²) in [5, 5.41) is 0. The molecule has 2 saturated heterocycles. The zero-order valence-electron chi connectivity index (χ0n) is 12.8. The van der Waals surface area contributed by atoms with Gasteiger partial charge in [0.1, 0.15) is 6.61 Å². The highest BCUT2D eigenvalue weighted by atomic mass is 16.6. The van der Waals surface area contributed by atoms with Crippen molar-refractivity contribution < 1.29 is 14.3 Å². The second-order valence-corrected chi connectivity index (χ2v) is 5.89. The van der Waals surface area contributed by atoms with Gasteiger partial charge in [-0.25, -0.2) is 4.79 Å². The largest absolute Gasteiger partial charge is 0.464 e. The summed E-state index contributed by atoms with van der Waals surface area (Å²) < 4.78 is 10.5. The normalized spacial score (nSPS) is 23.9. The lowest BCUT2D eigenvalue weighted by molar-refractivity contribution is -0.151. The van der Waals surface area contributed by atoms with Crippen LogP contribution < -0.4 is 0 Å². The van der Waals surface area contributed by atoms with E-state index in [9.17, 15) is 4.79 Å². The van der Waals surface area contributed by atoms with Crippen molar-refractivity contribution in [3.05, 3.63) is 0 Å². The lowest BCUT2D eigenvalue weighted by Crippen LogP contribution is -2.48. The van der Waals surface area contributed by atoms with Gasteiger partial charge in [-0.3, -0.25) is 0 Å². The van der Waals surface area contributed by atoms with Crippen molar-refractivity contribution in [1.29, 1.82) is 0 Å². The van der Waals surface area contributed by atoms with Crippen LogP contribution in [0.3, 0.4) is 0 Å². The van der Waals surface area contributed by atoms with E-state index >= 15 is 0 Å². The minimum atomic E-state index is -0.245. The van der Waals surface area contributed by atoms with Gasteiger partial charge in [0.05, 0.1) is 12.7 Å². The highest BCUT2D eigenvalue weighted by Gasteiger charge is 2.27. The number of esters is 1. The van der Waals surface area contributed by atoms with Gasteiger partial charge in [-0.05, 0) is 52.7 Å². The maximum absolute atomic E-state index is 11.3. The number of ether oxygens (including phenoxy) is 2. The molecule has 5 nitrogen and oxygen atoms in total. The monoisotopic (exact) mass is 284 g/mol. The third kappa shape index (κ3) is 4.72. The van der Waals surface area contributed by atoms with Crippen LogP contribution in [0.25, 0.3) is 0 Å². The van der Waals surface area contributed by atoms with E-state index in [1.54, 1.807) is 0 Å². The molecule has 0 amide bonds. The second kappa shape index (κ2) is 7.96. The number of likely N-dealkylation sites (tertiary alicyclic amines) is 2. The van der Waals surface area contributed by atoms with Crippen LogP contribution in [-0.4, -0.2) is 74.4 Å². The van der Waals surface area contributed by atoms with Gasteiger partial charge in [0.2, 0.25) is 0 Å². The van der Waals surface area contributed by atoms with Crippen molar-refractivity contribution in [3.63, 3.8) is 0 Å². The number of nitrogens with zero attached hydrogens (tertiary/aromatic N) is 2. The Kier molecular flexibility index (Phi) is 6.26. The summed E-state index contributed by atoms with van der Waals surface area (Å²) in [6.07, 6.45) is 4.86. The van der Waals surface area contributed by atoms with E-state index in [0.29, 0.717) is 6.61 Å². The van der Waals surface area contributed by atoms with Crippen LogP contribution in [0.1, 0.15) is 32.6 Å². The molecule has 2 fully saturated rings.